The van der Waals surface area contributed by atoms with E-state index >= 15 is 0 Å². The van der Waals surface area contributed by atoms with Crippen LogP contribution in [0.3, 0.4) is 0 Å². The van der Waals surface area contributed by atoms with Gasteiger partial charge in [0, 0.05) is 12.8 Å². The van der Waals surface area contributed by atoms with Gasteiger partial charge < -0.3 is 18.9 Å². The van der Waals surface area contributed by atoms with Crippen LogP contribution in [0.25, 0.3) is 0 Å². The summed E-state index contributed by atoms with van der Waals surface area (Å²) >= 11 is 0. The summed E-state index contributed by atoms with van der Waals surface area (Å²) in [7, 11) is 0. The first-order valence-electron chi connectivity index (χ1n) is 12.3. The SMILES string of the molecule is CCCCCCCCOC(=O)C12CC3OC3CC1(C(=O)OCCCCCCCC)O2. The van der Waals surface area contributed by atoms with Crippen LogP contribution in [0.1, 0.15) is 104 Å². The van der Waals surface area contributed by atoms with E-state index in [1.165, 1.54) is 51.4 Å². The third-order valence-electron chi connectivity index (χ3n) is 6.75. The first kappa shape index (κ1) is 23.5. The molecule has 1 aliphatic carbocycles. The lowest BCUT2D eigenvalue weighted by atomic mass is 9.79. The Morgan fingerprint density at radius 2 is 1.10 bits per heavy atom. The lowest BCUT2D eigenvalue weighted by Crippen LogP contribution is -2.46. The number of unbranched alkanes of at least 4 members (excludes halogenated alkanes) is 10. The minimum atomic E-state index is -1.19. The van der Waals surface area contributed by atoms with Gasteiger partial charge in [0.1, 0.15) is 0 Å². The van der Waals surface area contributed by atoms with Crippen molar-refractivity contribution in [2.45, 2.75) is 127 Å². The molecule has 0 aromatic carbocycles. The molecule has 172 valence electrons. The van der Waals surface area contributed by atoms with Gasteiger partial charge in [-0.05, 0) is 12.8 Å². The van der Waals surface area contributed by atoms with Crippen molar-refractivity contribution in [3.05, 3.63) is 0 Å². The van der Waals surface area contributed by atoms with E-state index in [-0.39, 0.29) is 12.2 Å². The van der Waals surface area contributed by atoms with E-state index in [1.54, 1.807) is 0 Å². The van der Waals surface area contributed by atoms with Crippen molar-refractivity contribution in [2.75, 3.05) is 13.2 Å². The minimum Gasteiger partial charge on any atom is -0.463 e. The fourth-order valence-electron chi connectivity index (χ4n) is 4.70. The molecule has 30 heavy (non-hydrogen) atoms. The summed E-state index contributed by atoms with van der Waals surface area (Å²) in [4.78, 5) is 25.7. The number of fused-ring (bicyclic) bond motifs is 2. The van der Waals surface area contributed by atoms with E-state index in [1.807, 2.05) is 0 Å². The van der Waals surface area contributed by atoms with Crippen LogP contribution >= 0.6 is 0 Å². The molecule has 2 aliphatic heterocycles. The van der Waals surface area contributed by atoms with Gasteiger partial charge in [-0.25, -0.2) is 9.59 Å². The Morgan fingerprint density at radius 1 is 0.700 bits per heavy atom. The molecule has 6 heteroatoms. The molecule has 3 fully saturated rings. The standard InChI is InChI=1S/C24H40O6/c1-3-5-7-9-11-13-15-27-21(25)23-17-19-20(29-19)18-24(23,30-23)22(26)28-16-14-12-10-8-6-4-2/h19-20H,3-18H2,1-2H3. The summed E-state index contributed by atoms with van der Waals surface area (Å²) in [5.41, 5.74) is -2.38. The van der Waals surface area contributed by atoms with Gasteiger partial charge in [-0.3, -0.25) is 0 Å². The van der Waals surface area contributed by atoms with Crippen LogP contribution in [-0.2, 0) is 28.5 Å². The molecule has 0 spiro atoms. The zero-order valence-corrected chi connectivity index (χ0v) is 18.9. The molecule has 0 aromatic heterocycles. The van der Waals surface area contributed by atoms with E-state index in [0.29, 0.717) is 26.1 Å². The average molecular weight is 425 g/mol. The summed E-state index contributed by atoms with van der Waals surface area (Å²) in [6.45, 7) is 5.15. The Kier molecular flexibility index (Phi) is 8.58. The highest BCUT2D eigenvalue weighted by molar-refractivity contribution is 5.98. The maximum atomic E-state index is 12.8. The quantitative estimate of drug-likeness (QED) is 0.200. The maximum Gasteiger partial charge on any atom is 0.342 e. The number of epoxide rings is 2. The molecule has 2 saturated heterocycles. The maximum absolute atomic E-state index is 12.8. The van der Waals surface area contributed by atoms with Gasteiger partial charge in [0.15, 0.2) is 0 Å². The predicted molar refractivity (Wildman–Crippen MR) is 113 cm³/mol. The van der Waals surface area contributed by atoms with Gasteiger partial charge in [0.05, 0.1) is 25.4 Å². The Hall–Kier alpha value is -1.14. The van der Waals surface area contributed by atoms with Crippen molar-refractivity contribution in [3.63, 3.8) is 0 Å². The van der Waals surface area contributed by atoms with E-state index in [0.717, 1.165) is 25.7 Å². The zero-order valence-electron chi connectivity index (χ0n) is 18.9. The van der Waals surface area contributed by atoms with Gasteiger partial charge in [-0.2, -0.15) is 0 Å². The molecule has 4 atom stereocenters. The average Bonchev–Trinajstić information content (AvgIpc) is 3.63. The van der Waals surface area contributed by atoms with Crippen LogP contribution in [-0.4, -0.2) is 48.6 Å². The molecule has 4 unspecified atom stereocenters. The largest absolute Gasteiger partial charge is 0.463 e. The summed E-state index contributed by atoms with van der Waals surface area (Å²) in [5.74, 6) is -0.831. The van der Waals surface area contributed by atoms with Crippen molar-refractivity contribution in [3.8, 4) is 0 Å². The Bertz CT molecular complexity index is 530. The monoisotopic (exact) mass is 424 g/mol. The van der Waals surface area contributed by atoms with Crippen LogP contribution < -0.4 is 0 Å². The number of carbonyl (C=O) groups is 2. The van der Waals surface area contributed by atoms with E-state index in [9.17, 15) is 9.59 Å². The third-order valence-corrected chi connectivity index (χ3v) is 6.75. The summed E-state index contributed by atoms with van der Waals surface area (Å²) in [6, 6.07) is 0. The number of ether oxygens (including phenoxy) is 4. The first-order chi connectivity index (χ1) is 14.6. The van der Waals surface area contributed by atoms with Crippen LogP contribution in [0, 0.1) is 0 Å². The fourth-order valence-corrected chi connectivity index (χ4v) is 4.70. The molecular weight excluding hydrogens is 384 g/mol. The number of hydrogen-bond donors (Lipinski definition) is 0. The van der Waals surface area contributed by atoms with E-state index in [2.05, 4.69) is 13.8 Å². The Balaban J connectivity index is 1.41. The number of esters is 2. The molecule has 2 heterocycles. The van der Waals surface area contributed by atoms with Crippen molar-refractivity contribution in [2.24, 2.45) is 0 Å². The number of hydrogen-bond acceptors (Lipinski definition) is 6. The topological polar surface area (TPSA) is 77.7 Å². The minimum absolute atomic E-state index is 0.00795. The number of carbonyl (C=O) groups excluding carboxylic acids is 2. The van der Waals surface area contributed by atoms with Crippen LogP contribution in [0.2, 0.25) is 0 Å². The Labute approximate surface area is 181 Å². The van der Waals surface area contributed by atoms with Crippen molar-refractivity contribution in [1.82, 2.24) is 0 Å². The zero-order chi connectivity index (χ0) is 21.5. The highest BCUT2D eigenvalue weighted by Crippen LogP contribution is 2.63. The lowest BCUT2D eigenvalue weighted by Gasteiger charge is -2.20. The lowest BCUT2D eigenvalue weighted by molar-refractivity contribution is -0.154. The summed E-state index contributed by atoms with van der Waals surface area (Å²) in [6.07, 6.45) is 14.4. The van der Waals surface area contributed by atoms with Gasteiger partial charge in [0.25, 0.3) is 0 Å². The molecule has 0 aromatic rings. The normalized spacial score (nSPS) is 30.9. The smallest absolute Gasteiger partial charge is 0.342 e. The Morgan fingerprint density at radius 3 is 1.53 bits per heavy atom. The van der Waals surface area contributed by atoms with Crippen LogP contribution in [0.5, 0.6) is 0 Å². The second kappa shape index (κ2) is 10.9. The molecule has 0 amide bonds. The van der Waals surface area contributed by atoms with Crippen LogP contribution in [0.4, 0.5) is 0 Å². The van der Waals surface area contributed by atoms with Gasteiger partial charge in [-0.1, -0.05) is 78.1 Å². The number of rotatable bonds is 16. The molecule has 3 rings (SSSR count). The van der Waals surface area contributed by atoms with Gasteiger partial charge in [-0.15, -0.1) is 0 Å². The molecule has 0 radical (unpaired) electrons. The van der Waals surface area contributed by atoms with Crippen LogP contribution in [0.15, 0.2) is 0 Å². The molecule has 0 N–H and O–H groups in total. The first-order valence-corrected chi connectivity index (χ1v) is 12.3. The molecular formula is C24H40O6. The summed E-state index contributed by atoms with van der Waals surface area (Å²) in [5, 5.41) is 0. The second-order valence-corrected chi connectivity index (χ2v) is 9.18. The molecule has 0 bridgehead atoms. The molecule has 3 aliphatic rings. The van der Waals surface area contributed by atoms with E-state index in [4.69, 9.17) is 18.9 Å². The van der Waals surface area contributed by atoms with Crippen molar-refractivity contribution < 1.29 is 28.5 Å². The molecule has 6 nitrogen and oxygen atoms in total. The second-order valence-electron chi connectivity index (χ2n) is 9.18. The van der Waals surface area contributed by atoms with Crippen molar-refractivity contribution in [1.29, 1.82) is 0 Å². The summed E-state index contributed by atoms with van der Waals surface area (Å²) < 4.78 is 22.5. The van der Waals surface area contributed by atoms with E-state index < -0.39 is 23.1 Å². The van der Waals surface area contributed by atoms with Crippen molar-refractivity contribution >= 4 is 11.9 Å². The fraction of sp³-hybridized carbons (Fsp3) is 0.917. The highest BCUT2D eigenvalue weighted by Gasteiger charge is 2.86. The molecule has 1 saturated carbocycles. The predicted octanol–water partition coefficient (Wildman–Crippen LogP) is 4.86. The third kappa shape index (κ3) is 5.37. The van der Waals surface area contributed by atoms with Gasteiger partial charge in [0.2, 0.25) is 11.2 Å². The highest BCUT2D eigenvalue weighted by atomic mass is 16.7. The van der Waals surface area contributed by atoms with Gasteiger partial charge >= 0.3 is 11.9 Å².